The maximum atomic E-state index is 4.30. The van der Waals surface area contributed by atoms with Crippen molar-refractivity contribution in [3.63, 3.8) is 0 Å². The van der Waals surface area contributed by atoms with Crippen LogP contribution in [0.5, 0.6) is 0 Å². The Bertz CT molecular complexity index is 148. The Balaban J connectivity index is 3.88. The van der Waals surface area contributed by atoms with Gasteiger partial charge in [-0.05, 0) is 35.9 Å². The molecule has 0 aliphatic rings. The summed E-state index contributed by atoms with van der Waals surface area (Å²) in [4.78, 5) is 4.30. The molecule has 0 rings (SSSR count). The third-order valence-electron chi connectivity index (χ3n) is 1.37. The molecule has 0 saturated heterocycles. The summed E-state index contributed by atoms with van der Waals surface area (Å²) in [5.74, 6) is 0.639. The first-order chi connectivity index (χ1) is 5.24. The lowest BCUT2D eigenvalue weighted by atomic mass is 10.1. The molecule has 64 valence electrons. The van der Waals surface area contributed by atoms with Crippen LogP contribution in [-0.2, 0) is 0 Å². The van der Waals surface area contributed by atoms with Crippen LogP contribution in [0.2, 0.25) is 0 Å². The van der Waals surface area contributed by atoms with Crippen molar-refractivity contribution in [1.82, 2.24) is 0 Å². The van der Waals surface area contributed by atoms with Crippen LogP contribution in [-0.4, -0.2) is 10.6 Å². The third kappa shape index (κ3) is 6.07. The predicted molar refractivity (Wildman–Crippen MR) is 68.9 cm³/mol. The Kier molecular flexibility index (Phi) is 8.11. The van der Waals surface area contributed by atoms with E-state index in [0.717, 1.165) is 8.13 Å². The van der Waals surface area contributed by atoms with Crippen molar-refractivity contribution in [3.05, 3.63) is 9.78 Å². The number of rotatable bonds is 4. The topological polar surface area (TPSA) is 12.4 Å². The van der Waals surface area contributed by atoms with Crippen LogP contribution >= 0.6 is 45.2 Å². The second kappa shape index (κ2) is 7.52. The summed E-state index contributed by atoms with van der Waals surface area (Å²) in [6.07, 6.45) is 5.24. The molecule has 0 saturated carbocycles. The normalized spacial score (nSPS) is 15.8. The summed E-state index contributed by atoms with van der Waals surface area (Å²) in [6, 6.07) is 0. The van der Waals surface area contributed by atoms with Gasteiger partial charge in [0.25, 0.3) is 0 Å². The highest BCUT2D eigenvalue weighted by atomic mass is 127. The van der Waals surface area contributed by atoms with Crippen molar-refractivity contribution < 1.29 is 0 Å². The SMILES string of the molecule is C/C=C(/I)N=CC(CC)CI. The number of alkyl halides is 1. The molecule has 0 radical (unpaired) electrons. The predicted octanol–water partition coefficient (Wildman–Crippen LogP) is 3.81. The van der Waals surface area contributed by atoms with Crippen LogP contribution in [0.1, 0.15) is 20.3 Å². The molecule has 1 unspecified atom stereocenters. The average molecular weight is 377 g/mol. The number of hydrogen-bond acceptors (Lipinski definition) is 1. The Labute approximate surface area is 96.0 Å². The van der Waals surface area contributed by atoms with Crippen LogP contribution in [0.3, 0.4) is 0 Å². The van der Waals surface area contributed by atoms with Crippen LogP contribution in [0.4, 0.5) is 0 Å². The summed E-state index contributed by atoms with van der Waals surface area (Å²) in [6.45, 7) is 4.20. The molecule has 0 aromatic rings. The summed E-state index contributed by atoms with van der Waals surface area (Å²) in [5, 5.41) is 0. The molecule has 11 heavy (non-hydrogen) atoms. The van der Waals surface area contributed by atoms with Crippen molar-refractivity contribution in [3.8, 4) is 0 Å². The van der Waals surface area contributed by atoms with Crippen molar-refractivity contribution in [1.29, 1.82) is 0 Å². The zero-order valence-corrected chi connectivity index (χ0v) is 11.2. The maximum Gasteiger partial charge on any atom is 0.0962 e. The van der Waals surface area contributed by atoms with Crippen LogP contribution in [0.25, 0.3) is 0 Å². The monoisotopic (exact) mass is 377 g/mol. The van der Waals surface area contributed by atoms with Crippen molar-refractivity contribution in [2.75, 3.05) is 4.43 Å². The van der Waals surface area contributed by atoms with Gasteiger partial charge < -0.3 is 0 Å². The van der Waals surface area contributed by atoms with Crippen LogP contribution < -0.4 is 0 Å². The van der Waals surface area contributed by atoms with Gasteiger partial charge in [0.15, 0.2) is 0 Å². The van der Waals surface area contributed by atoms with Gasteiger partial charge in [0.1, 0.15) is 0 Å². The van der Waals surface area contributed by atoms with E-state index in [1.54, 1.807) is 0 Å². The summed E-state index contributed by atoms with van der Waals surface area (Å²) in [5.41, 5.74) is 0. The van der Waals surface area contributed by atoms with Gasteiger partial charge in [-0.15, -0.1) is 0 Å². The molecule has 0 aromatic heterocycles. The molecular weight excluding hydrogens is 364 g/mol. The van der Waals surface area contributed by atoms with Crippen LogP contribution in [0, 0.1) is 5.92 Å². The van der Waals surface area contributed by atoms with E-state index in [9.17, 15) is 0 Å². The first-order valence-electron chi connectivity index (χ1n) is 3.66. The molecule has 0 spiro atoms. The maximum absolute atomic E-state index is 4.30. The molecular formula is C8H13I2N. The molecule has 0 aliphatic carbocycles. The Hall–Kier alpha value is 0.870. The fraction of sp³-hybridized carbons (Fsp3) is 0.625. The van der Waals surface area contributed by atoms with Gasteiger partial charge in [0.2, 0.25) is 0 Å². The first kappa shape index (κ1) is 11.9. The molecule has 0 bridgehead atoms. The van der Waals surface area contributed by atoms with Gasteiger partial charge in [-0.1, -0.05) is 35.6 Å². The zero-order valence-electron chi connectivity index (χ0n) is 6.85. The smallest absolute Gasteiger partial charge is 0.0962 e. The van der Waals surface area contributed by atoms with Gasteiger partial charge >= 0.3 is 0 Å². The molecule has 0 aliphatic heterocycles. The quantitative estimate of drug-likeness (QED) is 0.306. The highest BCUT2D eigenvalue weighted by molar-refractivity contribution is 14.1. The van der Waals surface area contributed by atoms with E-state index in [1.807, 2.05) is 19.2 Å². The Morgan fingerprint density at radius 3 is 2.64 bits per heavy atom. The van der Waals surface area contributed by atoms with Gasteiger partial charge in [0.05, 0.1) is 3.70 Å². The number of allylic oxidation sites excluding steroid dienone is 1. The molecule has 1 atom stereocenters. The molecule has 0 fully saturated rings. The lowest BCUT2D eigenvalue weighted by Crippen LogP contribution is -2.00. The summed E-state index contributed by atoms with van der Waals surface area (Å²) in [7, 11) is 0. The van der Waals surface area contributed by atoms with E-state index in [2.05, 4.69) is 57.1 Å². The van der Waals surface area contributed by atoms with Crippen LogP contribution in [0.15, 0.2) is 14.8 Å². The average Bonchev–Trinajstić information content (AvgIpc) is 2.06. The van der Waals surface area contributed by atoms with E-state index >= 15 is 0 Å². The molecule has 3 heteroatoms. The van der Waals surface area contributed by atoms with Gasteiger partial charge in [-0.25, -0.2) is 0 Å². The number of aliphatic imine (C=N–C) groups is 1. The standard InChI is InChI=1S/C8H13I2N/c1-3-7(5-9)6-11-8(10)4-2/h4,6-7H,3,5H2,1-2H3/b8-4-,11-6?. The van der Waals surface area contributed by atoms with Gasteiger partial charge in [-0.3, -0.25) is 4.99 Å². The second-order valence-corrected chi connectivity index (χ2v) is 4.20. The minimum Gasteiger partial charge on any atom is -0.255 e. The Morgan fingerprint density at radius 1 is 1.64 bits per heavy atom. The third-order valence-corrected chi connectivity index (χ3v) is 3.40. The van der Waals surface area contributed by atoms with Gasteiger partial charge in [-0.2, -0.15) is 0 Å². The lowest BCUT2D eigenvalue weighted by Gasteiger charge is -2.01. The fourth-order valence-electron chi connectivity index (χ4n) is 0.506. The lowest BCUT2D eigenvalue weighted by molar-refractivity contribution is 0.776. The molecule has 0 aromatic carbocycles. The largest absolute Gasteiger partial charge is 0.255 e. The van der Waals surface area contributed by atoms with Crippen molar-refractivity contribution in [2.24, 2.45) is 10.9 Å². The fourth-order valence-corrected chi connectivity index (χ4v) is 1.52. The molecule has 0 heterocycles. The second-order valence-electron chi connectivity index (χ2n) is 2.21. The highest BCUT2D eigenvalue weighted by Gasteiger charge is 1.98. The minimum absolute atomic E-state index is 0.639. The highest BCUT2D eigenvalue weighted by Crippen LogP contribution is 2.09. The summed E-state index contributed by atoms with van der Waals surface area (Å²) < 4.78 is 2.23. The van der Waals surface area contributed by atoms with E-state index < -0.39 is 0 Å². The Morgan fingerprint density at radius 2 is 2.27 bits per heavy atom. The molecule has 0 N–H and O–H groups in total. The first-order valence-corrected chi connectivity index (χ1v) is 6.27. The van der Waals surface area contributed by atoms with E-state index in [-0.39, 0.29) is 0 Å². The van der Waals surface area contributed by atoms with E-state index in [0.29, 0.717) is 5.92 Å². The number of halogens is 2. The minimum atomic E-state index is 0.639. The molecule has 1 nitrogen and oxygen atoms in total. The van der Waals surface area contributed by atoms with Crippen molar-refractivity contribution in [2.45, 2.75) is 20.3 Å². The van der Waals surface area contributed by atoms with Crippen molar-refractivity contribution >= 4 is 51.4 Å². The number of hydrogen-bond donors (Lipinski definition) is 0. The van der Waals surface area contributed by atoms with Gasteiger partial charge in [0, 0.05) is 16.6 Å². The van der Waals surface area contributed by atoms with E-state index in [4.69, 9.17) is 0 Å². The van der Waals surface area contributed by atoms with E-state index in [1.165, 1.54) is 6.42 Å². The number of nitrogens with zero attached hydrogens (tertiary/aromatic N) is 1. The zero-order chi connectivity index (χ0) is 8.69. The molecule has 0 amide bonds. The summed E-state index contributed by atoms with van der Waals surface area (Å²) >= 11 is 4.63.